The van der Waals surface area contributed by atoms with Gasteiger partial charge in [-0.3, -0.25) is 24.3 Å². The molecule has 0 saturated heterocycles. The van der Waals surface area contributed by atoms with Gasteiger partial charge in [-0.15, -0.1) is 0 Å². The third kappa shape index (κ3) is 6.90. The summed E-state index contributed by atoms with van der Waals surface area (Å²) in [4.78, 5) is 64.4. The van der Waals surface area contributed by atoms with Crippen LogP contribution in [0.2, 0.25) is 0 Å². The summed E-state index contributed by atoms with van der Waals surface area (Å²) in [5, 5.41) is 12.1. The van der Waals surface area contributed by atoms with E-state index < -0.39 is 22.5 Å². The fraction of sp³-hybridized carbons (Fsp3) is 0.147. The van der Waals surface area contributed by atoms with E-state index in [9.17, 15) is 24.5 Å². The molecule has 5 aromatic rings. The molecule has 6 rings (SSSR count). The van der Waals surface area contributed by atoms with Crippen molar-refractivity contribution >= 4 is 62.5 Å². The number of aryl methyl sites for hydroxylation is 1. The van der Waals surface area contributed by atoms with E-state index in [0.717, 1.165) is 23.1 Å². The maximum atomic E-state index is 14.5. The third-order valence-electron chi connectivity index (χ3n) is 7.41. The number of esters is 1. The molecule has 0 radical (unpaired) electrons. The van der Waals surface area contributed by atoms with Crippen LogP contribution in [0.5, 0.6) is 5.75 Å². The number of ether oxygens (including phenoxy) is 2. The summed E-state index contributed by atoms with van der Waals surface area (Å²) in [6.07, 6.45) is 1.54. The highest BCUT2D eigenvalue weighted by molar-refractivity contribution is 9.10. The van der Waals surface area contributed by atoms with Gasteiger partial charge in [-0.2, -0.15) is 0 Å². The predicted molar refractivity (Wildman–Crippen MR) is 189 cm³/mol. The number of fused-ring (bicyclic) bond motifs is 1. The predicted octanol–water partition coefficient (Wildman–Crippen LogP) is 5.16. The number of carbonyl (C=O) groups is 1. The van der Waals surface area contributed by atoms with Gasteiger partial charge < -0.3 is 14.5 Å². The Labute approximate surface area is 294 Å². The van der Waals surface area contributed by atoms with Gasteiger partial charge in [-0.05, 0) is 49.8 Å². The van der Waals surface area contributed by atoms with E-state index in [4.69, 9.17) is 14.5 Å². The highest BCUT2D eigenvalue weighted by Crippen LogP contribution is 2.40. The van der Waals surface area contributed by atoms with Crippen LogP contribution in [0, 0.1) is 17.0 Å². The van der Waals surface area contributed by atoms with Crippen LogP contribution in [-0.2, 0) is 9.53 Å². The number of nitro groups is 1. The molecule has 1 aliphatic heterocycles. The molecule has 0 aliphatic carbocycles. The SMILES string of the molecule is CCOC(=O)C1=C(c2ccccc2)N=c2s/c(=C\c3cc([N+](=O)[O-])ccc3Sc3nc(C)cc(=O)[nH]3)c(=O)n2[C@@H]1c1cc(Br)ccc1OC. The van der Waals surface area contributed by atoms with Crippen molar-refractivity contribution in [1.82, 2.24) is 14.5 Å². The lowest BCUT2D eigenvalue weighted by molar-refractivity contribution is -0.384. The smallest absolute Gasteiger partial charge is 0.338 e. The number of benzene rings is 3. The highest BCUT2D eigenvalue weighted by Gasteiger charge is 2.37. The molecule has 1 N–H and O–H groups in total. The molecule has 0 saturated carbocycles. The van der Waals surface area contributed by atoms with Gasteiger partial charge in [0.2, 0.25) is 0 Å². The fourth-order valence-electron chi connectivity index (χ4n) is 5.35. The van der Waals surface area contributed by atoms with Crippen molar-refractivity contribution in [3.8, 4) is 5.75 Å². The lowest BCUT2D eigenvalue weighted by atomic mass is 9.92. The Morgan fingerprint density at radius 3 is 2.61 bits per heavy atom. The van der Waals surface area contributed by atoms with Crippen molar-refractivity contribution in [1.29, 1.82) is 0 Å². The van der Waals surface area contributed by atoms with Gasteiger partial charge in [0.15, 0.2) is 9.96 Å². The lowest BCUT2D eigenvalue weighted by Crippen LogP contribution is -2.40. The minimum atomic E-state index is -1.01. The largest absolute Gasteiger partial charge is 0.496 e. The number of nitrogens with one attached hydrogen (secondary N) is 1. The van der Waals surface area contributed by atoms with Gasteiger partial charge in [0.05, 0.1) is 34.4 Å². The number of methoxy groups -OCH3 is 1. The molecule has 0 fully saturated rings. The molecule has 248 valence electrons. The van der Waals surface area contributed by atoms with E-state index in [1.54, 1.807) is 38.1 Å². The number of halogens is 1. The van der Waals surface area contributed by atoms with Gasteiger partial charge in [-0.1, -0.05) is 69.4 Å². The van der Waals surface area contributed by atoms with Crippen LogP contribution in [0.15, 0.2) is 107 Å². The van der Waals surface area contributed by atoms with Crippen LogP contribution < -0.4 is 25.2 Å². The van der Waals surface area contributed by atoms with E-state index in [-0.39, 0.29) is 33.1 Å². The molecule has 1 aliphatic rings. The molecule has 15 heteroatoms. The molecular weight excluding hydrogens is 734 g/mol. The molecule has 3 aromatic carbocycles. The second kappa shape index (κ2) is 14.2. The Bertz CT molecular complexity index is 2400. The molecule has 0 spiro atoms. The standard InChI is InChI=1S/C34H26BrN5O7S2/c1-4-47-32(43)28-29(19-8-6-5-7-9-19)38-34-39(30(28)23-17-21(35)10-12-24(23)46-3)31(42)26(49-34)16-20-15-22(40(44)45)11-13-25(20)48-33-36-18(2)14-27(41)37-33/h5-17,30H,4H2,1-3H3,(H,36,37,41)/b26-16-/t30-/m1/s1. The zero-order valence-corrected chi connectivity index (χ0v) is 29.4. The maximum absolute atomic E-state index is 14.5. The first-order valence-corrected chi connectivity index (χ1v) is 17.2. The number of aromatic nitrogens is 3. The number of non-ortho nitro benzene ring substituents is 1. The minimum absolute atomic E-state index is 0.0887. The number of rotatable bonds is 9. The molecule has 2 aromatic heterocycles. The summed E-state index contributed by atoms with van der Waals surface area (Å²) < 4.78 is 13.6. The van der Waals surface area contributed by atoms with Gasteiger partial charge in [0, 0.05) is 44.4 Å². The summed E-state index contributed by atoms with van der Waals surface area (Å²) in [5.74, 6) is -0.223. The van der Waals surface area contributed by atoms with E-state index in [1.807, 2.05) is 30.3 Å². The Morgan fingerprint density at radius 2 is 1.92 bits per heavy atom. The number of aromatic amines is 1. The number of H-pyrrole nitrogens is 1. The summed E-state index contributed by atoms with van der Waals surface area (Å²) in [6.45, 7) is 3.47. The zero-order chi connectivity index (χ0) is 34.8. The number of nitrogens with zero attached hydrogens (tertiary/aromatic N) is 4. The van der Waals surface area contributed by atoms with Crippen LogP contribution in [0.3, 0.4) is 0 Å². The molecule has 49 heavy (non-hydrogen) atoms. The van der Waals surface area contributed by atoms with Gasteiger partial charge in [0.25, 0.3) is 16.8 Å². The zero-order valence-electron chi connectivity index (χ0n) is 26.1. The number of thiazole rings is 1. The molecule has 0 amide bonds. The molecule has 12 nitrogen and oxygen atoms in total. The summed E-state index contributed by atoms with van der Waals surface area (Å²) in [6, 6.07) is 19.0. The minimum Gasteiger partial charge on any atom is -0.496 e. The monoisotopic (exact) mass is 759 g/mol. The van der Waals surface area contributed by atoms with Crippen LogP contribution in [0.1, 0.15) is 35.3 Å². The average Bonchev–Trinajstić information content (AvgIpc) is 3.38. The molecule has 0 bridgehead atoms. The van der Waals surface area contributed by atoms with Crippen molar-refractivity contribution in [2.24, 2.45) is 4.99 Å². The Balaban J connectivity index is 1.64. The first kappa shape index (κ1) is 33.8. The second-order valence-electron chi connectivity index (χ2n) is 10.6. The number of hydrogen-bond acceptors (Lipinski definition) is 11. The van der Waals surface area contributed by atoms with Crippen LogP contribution in [0.4, 0.5) is 5.69 Å². The second-order valence-corrected chi connectivity index (χ2v) is 13.5. The normalized spacial score (nSPS) is 14.3. The van der Waals surface area contributed by atoms with E-state index in [1.165, 1.54) is 35.9 Å². The topological polar surface area (TPSA) is 159 Å². The number of hydrogen-bond donors (Lipinski definition) is 1. The van der Waals surface area contributed by atoms with Crippen molar-refractivity contribution in [3.05, 3.63) is 145 Å². The Hall–Kier alpha value is -5.12. The molecule has 1 atom stereocenters. The van der Waals surface area contributed by atoms with Crippen LogP contribution >= 0.6 is 39.0 Å². The van der Waals surface area contributed by atoms with E-state index in [0.29, 0.717) is 48.0 Å². The van der Waals surface area contributed by atoms with Crippen LogP contribution in [0.25, 0.3) is 11.8 Å². The Kier molecular flexibility index (Phi) is 9.76. The Morgan fingerprint density at radius 1 is 1.14 bits per heavy atom. The third-order valence-corrected chi connectivity index (χ3v) is 9.86. The summed E-state index contributed by atoms with van der Waals surface area (Å²) >= 11 is 5.69. The lowest BCUT2D eigenvalue weighted by Gasteiger charge is -2.27. The van der Waals surface area contributed by atoms with E-state index >= 15 is 0 Å². The summed E-state index contributed by atoms with van der Waals surface area (Å²) in [7, 11) is 1.50. The van der Waals surface area contributed by atoms with Crippen molar-refractivity contribution in [3.63, 3.8) is 0 Å². The fourth-order valence-corrected chi connectivity index (χ4v) is 7.65. The highest BCUT2D eigenvalue weighted by atomic mass is 79.9. The average molecular weight is 761 g/mol. The number of carbonyl (C=O) groups excluding carboxylic acids is 1. The van der Waals surface area contributed by atoms with E-state index in [2.05, 4.69) is 25.9 Å². The quantitative estimate of drug-likeness (QED) is 0.0928. The number of nitro benzene ring substituents is 1. The first-order valence-electron chi connectivity index (χ1n) is 14.7. The van der Waals surface area contributed by atoms with Crippen LogP contribution in [-0.4, -0.2) is 39.1 Å². The molecule has 0 unspecified atom stereocenters. The van der Waals surface area contributed by atoms with Gasteiger partial charge in [-0.25, -0.2) is 14.8 Å². The molecular formula is C34H26BrN5O7S2. The summed E-state index contributed by atoms with van der Waals surface area (Å²) in [5.41, 5.74) is 1.44. The van der Waals surface area contributed by atoms with Crippen molar-refractivity contribution in [2.75, 3.05) is 13.7 Å². The first-order chi connectivity index (χ1) is 23.6. The maximum Gasteiger partial charge on any atom is 0.338 e. The van der Waals surface area contributed by atoms with Crippen molar-refractivity contribution < 1.29 is 19.2 Å². The molecule has 3 heterocycles. The van der Waals surface area contributed by atoms with Gasteiger partial charge >= 0.3 is 5.97 Å². The van der Waals surface area contributed by atoms with Crippen molar-refractivity contribution in [2.45, 2.75) is 29.9 Å². The van der Waals surface area contributed by atoms with Gasteiger partial charge in [0.1, 0.15) is 11.8 Å².